The van der Waals surface area contributed by atoms with Gasteiger partial charge in [-0.05, 0) is 13.0 Å². The molecule has 0 saturated heterocycles. The normalized spacial score (nSPS) is 14.5. The zero-order valence-corrected chi connectivity index (χ0v) is 11.1. The van der Waals surface area contributed by atoms with Gasteiger partial charge in [0.05, 0.1) is 18.4 Å². The smallest absolute Gasteiger partial charge is 0.257 e. The molecule has 0 saturated carbocycles. The summed E-state index contributed by atoms with van der Waals surface area (Å²) in [4.78, 5) is 14.2. The molecule has 0 aromatic carbocycles. The number of rotatable bonds is 2. The van der Waals surface area contributed by atoms with Crippen LogP contribution in [0.3, 0.4) is 0 Å². The van der Waals surface area contributed by atoms with Gasteiger partial charge in [-0.1, -0.05) is 6.92 Å². The maximum atomic E-state index is 12.4. The van der Waals surface area contributed by atoms with Gasteiger partial charge < -0.3 is 13.9 Å². The molecule has 6 heteroatoms. The Morgan fingerprint density at radius 2 is 2.26 bits per heavy atom. The highest BCUT2D eigenvalue weighted by atomic mass is 16.3. The molecular weight excluding hydrogens is 244 g/mol. The van der Waals surface area contributed by atoms with Crippen molar-refractivity contribution in [3.63, 3.8) is 0 Å². The molecule has 0 aliphatic carbocycles. The maximum Gasteiger partial charge on any atom is 0.257 e. The molecule has 2 aromatic heterocycles. The van der Waals surface area contributed by atoms with Crippen LogP contribution in [0.2, 0.25) is 0 Å². The average Bonchev–Trinajstić information content (AvgIpc) is 3.02. The molecular formula is C13H16N4O2. The average molecular weight is 260 g/mol. The number of nitrogens with zero attached hydrogens (tertiary/aromatic N) is 4. The summed E-state index contributed by atoms with van der Waals surface area (Å²) in [5.41, 5.74) is 0.628. The molecule has 100 valence electrons. The van der Waals surface area contributed by atoms with E-state index in [1.807, 2.05) is 0 Å². The minimum atomic E-state index is -0.00134. The predicted octanol–water partition coefficient (Wildman–Crippen LogP) is 1.40. The number of aromatic nitrogens is 3. The number of carbonyl (C=O) groups is 1. The van der Waals surface area contributed by atoms with Crippen molar-refractivity contribution in [3.05, 3.63) is 35.3 Å². The molecule has 0 unspecified atom stereocenters. The third kappa shape index (κ3) is 1.93. The Morgan fingerprint density at radius 3 is 2.95 bits per heavy atom. The first-order valence-electron chi connectivity index (χ1n) is 6.45. The number of furan rings is 1. The Kier molecular flexibility index (Phi) is 2.85. The largest absolute Gasteiger partial charge is 0.469 e. The minimum Gasteiger partial charge on any atom is -0.469 e. The van der Waals surface area contributed by atoms with E-state index in [0.29, 0.717) is 24.4 Å². The Morgan fingerprint density at radius 1 is 1.42 bits per heavy atom. The summed E-state index contributed by atoms with van der Waals surface area (Å²) in [5, 5.41) is 8.31. The molecule has 3 heterocycles. The third-order valence-corrected chi connectivity index (χ3v) is 3.52. The van der Waals surface area contributed by atoms with E-state index in [1.54, 1.807) is 24.2 Å². The molecule has 0 atom stereocenters. The van der Waals surface area contributed by atoms with Crippen molar-refractivity contribution in [1.29, 1.82) is 0 Å². The monoisotopic (exact) mass is 260 g/mol. The summed E-state index contributed by atoms with van der Waals surface area (Å²) >= 11 is 0. The van der Waals surface area contributed by atoms with Crippen LogP contribution in [0.4, 0.5) is 0 Å². The van der Waals surface area contributed by atoms with E-state index >= 15 is 0 Å². The lowest BCUT2D eigenvalue weighted by Gasteiger charge is -2.27. The summed E-state index contributed by atoms with van der Waals surface area (Å²) in [6.45, 7) is 5.81. The molecule has 0 fully saturated rings. The van der Waals surface area contributed by atoms with Crippen LogP contribution in [-0.2, 0) is 19.5 Å². The van der Waals surface area contributed by atoms with Crippen molar-refractivity contribution in [3.8, 4) is 0 Å². The second kappa shape index (κ2) is 4.53. The summed E-state index contributed by atoms with van der Waals surface area (Å²) in [7, 11) is 0. The van der Waals surface area contributed by atoms with Gasteiger partial charge in [-0.25, -0.2) is 0 Å². The second-order valence-corrected chi connectivity index (χ2v) is 4.65. The fourth-order valence-electron chi connectivity index (χ4n) is 2.43. The number of amides is 1. The molecule has 19 heavy (non-hydrogen) atoms. The first-order valence-corrected chi connectivity index (χ1v) is 6.45. The Hall–Kier alpha value is -2.11. The van der Waals surface area contributed by atoms with Crippen LogP contribution < -0.4 is 0 Å². The zero-order valence-electron chi connectivity index (χ0n) is 11.1. The summed E-state index contributed by atoms with van der Waals surface area (Å²) in [6, 6.07) is 1.72. The predicted molar refractivity (Wildman–Crippen MR) is 67.6 cm³/mol. The molecule has 3 rings (SSSR count). The second-order valence-electron chi connectivity index (χ2n) is 4.65. The highest BCUT2D eigenvalue weighted by molar-refractivity contribution is 5.95. The van der Waals surface area contributed by atoms with E-state index in [1.165, 1.54) is 0 Å². The van der Waals surface area contributed by atoms with Crippen LogP contribution in [0.1, 0.15) is 34.7 Å². The molecule has 0 spiro atoms. The number of carbonyl (C=O) groups excluding carboxylic acids is 1. The van der Waals surface area contributed by atoms with Gasteiger partial charge in [-0.15, -0.1) is 10.2 Å². The summed E-state index contributed by atoms with van der Waals surface area (Å²) in [6.07, 6.45) is 2.41. The van der Waals surface area contributed by atoms with E-state index < -0.39 is 0 Å². The zero-order chi connectivity index (χ0) is 13.4. The molecule has 0 N–H and O–H groups in total. The lowest BCUT2D eigenvalue weighted by Crippen LogP contribution is -2.38. The van der Waals surface area contributed by atoms with Gasteiger partial charge in [-0.2, -0.15) is 0 Å². The Bertz CT molecular complexity index is 614. The minimum absolute atomic E-state index is 0.00134. The number of hydrogen-bond acceptors (Lipinski definition) is 4. The summed E-state index contributed by atoms with van der Waals surface area (Å²) in [5.74, 6) is 2.50. The van der Waals surface area contributed by atoms with Crippen LogP contribution in [0.25, 0.3) is 0 Å². The van der Waals surface area contributed by atoms with Crippen molar-refractivity contribution in [1.82, 2.24) is 19.7 Å². The quantitative estimate of drug-likeness (QED) is 0.818. The van der Waals surface area contributed by atoms with Crippen molar-refractivity contribution >= 4 is 5.91 Å². The van der Waals surface area contributed by atoms with Gasteiger partial charge in [0.1, 0.15) is 11.6 Å². The van der Waals surface area contributed by atoms with Crippen molar-refractivity contribution < 1.29 is 9.21 Å². The van der Waals surface area contributed by atoms with Crippen molar-refractivity contribution in [2.45, 2.75) is 33.4 Å². The first-order chi connectivity index (χ1) is 9.20. The van der Waals surface area contributed by atoms with Crippen molar-refractivity contribution in [2.75, 3.05) is 6.54 Å². The van der Waals surface area contributed by atoms with Gasteiger partial charge in [0.2, 0.25) is 0 Å². The highest BCUT2D eigenvalue weighted by Gasteiger charge is 2.26. The van der Waals surface area contributed by atoms with E-state index in [0.717, 1.165) is 24.6 Å². The molecule has 1 amide bonds. The van der Waals surface area contributed by atoms with Crippen LogP contribution in [-0.4, -0.2) is 32.1 Å². The van der Waals surface area contributed by atoms with E-state index in [-0.39, 0.29) is 5.91 Å². The fraction of sp³-hybridized carbons (Fsp3) is 0.462. The maximum absolute atomic E-state index is 12.4. The SMILES string of the molecule is CCc1nnc2n1CCN(C(=O)c1ccoc1C)C2. The first kappa shape index (κ1) is 12.0. The Labute approximate surface area is 111 Å². The standard InChI is InChI=1S/C13H16N4O2/c1-3-11-14-15-12-8-16(5-6-17(11)12)13(18)10-4-7-19-9(10)2/h4,7H,3,5-6,8H2,1-2H3. The van der Waals surface area contributed by atoms with Crippen LogP contribution in [0.5, 0.6) is 0 Å². The molecule has 1 aliphatic rings. The highest BCUT2D eigenvalue weighted by Crippen LogP contribution is 2.18. The van der Waals surface area contributed by atoms with Gasteiger partial charge >= 0.3 is 0 Å². The van der Waals surface area contributed by atoms with Crippen LogP contribution in [0.15, 0.2) is 16.7 Å². The number of hydrogen-bond donors (Lipinski definition) is 0. The van der Waals surface area contributed by atoms with Gasteiger partial charge in [-0.3, -0.25) is 4.79 Å². The number of aryl methyl sites for hydroxylation is 2. The molecule has 0 radical (unpaired) electrons. The van der Waals surface area contributed by atoms with Crippen molar-refractivity contribution in [2.24, 2.45) is 0 Å². The molecule has 0 bridgehead atoms. The molecule has 2 aromatic rings. The van der Waals surface area contributed by atoms with Crippen LogP contribution >= 0.6 is 0 Å². The van der Waals surface area contributed by atoms with Crippen LogP contribution in [0, 0.1) is 6.92 Å². The fourth-order valence-corrected chi connectivity index (χ4v) is 2.43. The Balaban J connectivity index is 1.83. The van der Waals surface area contributed by atoms with Gasteiger partial charge in [0.25, 0.3) is 5.91 Å². The molecule has 1 aliphatic heterocycles. The summed E-state index contributed by atoms with van der Waals surface area (Å²) < 4.78 is 7.29. The van der Waals surface area contributed by atoms with E-state index in [9.17, 15) is 4.79 Å². The van der Waals surface area contributed by atoms with E-state index in [4.69, 9.17) is 4.42 Å². The lowest BCUT2D eigenvalue weighted by molar-refractivity contribution is 0.0704. The topological polar surface area (TPSA) is 64.2 Å². The lowest BCUT2D eigenvalue weighted by atomic mass is 10.2. The van der Waals surface area contributed by atoms with Gasteiger partial charge in [0, 0.05) is 19.5 Å². The van der Waals surface area contributed by atoms with E-state index in [2.05, 4.69) is 21.7 Å². The molecule has 6 nitrogen and oxygen atoms in total. The third-order valence-electron chi connectivity index (χ3n) is 3.52. The van der Waals surface area contributed by atoms with Gasteiger partial charge in [0.15, 0.2) is 5.82 Å². The number of fused-ring (bicyclic) bond motifs is 1.